The summed E-state index contributed by atoms with van der Waals surface area (Å²) in [4.78, 5) is 13.0. The van der Waals surface area contributed by atoms with E-state index in [9.17, 15) is 5.11 Å². The van der Waals surface area contributed by atoms with Gasteiger partial charge >= 0.3 is 0 Å². The van der Waals surface area contributed by atoms with E-state index in [-0.39, 0.29) is 6.04 Å². The number of hydrogen-bond donors (Lipinski definition) is 1. The van der Waals surface area contributed by atoms with Crippen molar-refractivity contribution in [2.24, 2.45) is 0 Å². The first-order valence-electron chi connectivity index (χ1n) is 9.03. The molecule has 0 aliphatic carbocycles. The highest BCUT2D eigenvalue weighted by atomic mass is 16.5. The minimum absolute atomic E-state index is 0.0986. The van der Waals surface area contributed by atoms with E-state index in [1.165, 1.54) is 5.56 Å². The highest BCUT2D eigenvalue weighted by molar-refractivity contribution is 5.47. The number of hydrogen-bond acceptors (Lipinski definition) is 7. The van der Waals surface area contributed by atoms with Gasteiger partial charge in [0.1, 0.15) is 5.69 Å². The smallest absolute Gasteiger partial charge is 0.244 e. The quantitative estimate of drug-likeness (QED) is 0.744. The number of anilines is 1. The van der Waals surface area contributed by atoms with Crippen LogP contribution in [0.5, 0.6) is 0 Å². The maximum absolute atomic E-state index is 10.2. The molecule has 140 valence electrons. The van der Waals surface area contributed by atoms with Crippen LogP contribution in [0.15, 0.2) is 53.2 Å². The molecule has 0 radical (unpaired) electrons. The van der Waals surface area contributed by atoms with Crippen LogP contribution < -0.4 is 4.90 Å². The number of pyridine rings is 1. The minimum atomic E-state index is -0.402. The Morgan fingerprint density at radius 3 is 2.70 bits per heavy atom. The molecule has 1 aliphatic rings. The van der Waals surface area contributed by atoms with Crippen molar-refractivity contribution in [3.8, 4) is 11.5 Å². The first-order valence-corrected chi connectivity index (χ1v) is 9.03. The van der Waals surface area contributed by atoms with Crippen molar-refractivity contribution in [1.82, 2.24) is 20.0 Å². The molecule has 1 aromatic carbocycles. The second-order valence-corrected chi connectivity index (χ2v) is 7.07. The van der Waals surface area contributed by atoms with Gasteiger partial charge in [-0.1, -0.05) is 23.4 Å². The lowest BCUT2D eigenvalue weighted by atomic mass is 10.1. The predicted octanol–water partition coefficient (Wildman–Crippen LogP) is 2.51. The van der Waals surface area contributed by atoms with Crippen molar-refractivity contribution in [1.29, 1.82) is 0 Å². The van der Waals surface area contributed by atoms with Crippen LogP contribution in [0.25, 0.3) is 11.5 Å². The van der Waals surface area contributed by atoms with Gasteiger partial charge in [-0.2, -0.15) is 4.98 Å². The van der Waals surface area contributed by atoms with Crippen LogP contribution in [-0.4, -0.2) is 51.9 Å². The molecule has 3 heterocycles. The molecule has 3 aromatic rings. The molecule has 7 nitrogen and oxygen atoms in total. The Labute approximate surface area is 158 Å². The summed E-state index contributed by atoms with van der Waals surface area (Å²) in [7, 11) is 4.05. The lowest BCUT2D eigenvalue weighted by molar-refractivity contribution is 0.169. The average molecular weight is 365 g/mol. The third-order valence-electron chi connectivity index (χ3n) is 4.84. The molecule has 1 aliphatic heterocycles. The van der Waals surface area contributed by atoms with Crippen LogP contribution in [0, 0.1) is 0 Å². The van der Waals surface area contributed by atoms with Crippen molar-refractivity contribution in [2.45, 2.75) is 25.1 Å². The Hall–Kier alpha value is -2.77. The maximum atomic E-state index is 10.2. The van der Waals surface area contributed by atoms with Gasteiger partial charge in [0.25, 0.3) is 0 Å². The van der Waals surface area contributed by atoms with E-state index in [2.05, 4.69) is 49.2 Å². The summed E-state index contributed by atoms with van der Waals surface area (Å²) in [5, 5.41) is 14.3. The number of β-amino-alcohol motifs (C(OH)–C–C–N with tert-alkyl or cyclic N) is 1. The number of aromatic nitrogens is 3. The Morgan fingerprint density at radius 2 is 2.00 bits per heavy atom. The van der Waals surface area contributed by atoms with Crippen LogP contribution in [0.4, 0.5) is 5.69 Å². The van der Waals surface area contributed by atoms with Gasteiger partial charge in [-0.15, -0.1) is 0 Å². The van der Waals surface area contributed by atoms with E-state index in [0.29, 0.717) is 30.4 Å². The second-order valence-electron chi connectivity index (χ2n) is 7.07. The molecule has 1 fully saturated rings. The van der Waals surface area contributed by atoms with E-state index in [1.807, 2.05) is 32.3 Å². The highest BCUT2D eigenvalue weighted by Gasteiger charge is 2.36. The minimum Gasteiger partial charge on any atom is -0.392 e. The number of aliphatic hydroxyl groups is 1. The lowest BCUT2D eigenvalue weighted by Gasteiger charge is -2.21. The highest BCUT2D eigenvalue weighted by Crippen LogP contribution is 2.33. The average Bonchev–Trinajstić information content (AvgIpc) is 3.29. The lowest BCUT2D eigenvalue weighted by Crippen LogP contribution is -2.24. The van der Waals surface area contributed by atoms with Gasteiger partial charge in [0.2, 0.25) is 11.7 Å². The topological polar surface area (TPSA) is 78.5 Å². The molecule has 0 spiro atoms. The van der Waals surface area contributed by atoms with Crippen LogP contribution >= 0.6 is 0 Å². The molecule has 0 bridgehead atoms. The number of nitrogens with zero attached hydrogens (tertiary/aromatic N) is 5. The Bertz CT molecular complexity index is 879. The zero-order valence-electron chi connectivity index (χ0n) is 15.5. The molecule has 0 amide bonds. The molecule has 2 atom stereocenters. The third kappa shape index (κ3) is 3.84. The van der Waals surface area contributed by atoms with Crippen molar-refractivity contribution in [3.63, 3.8) is 0 Å². The number of aliphatic hydroxyl groups excluding tert-OH is 1. The Kier molecular flexibility index (Phi) is 4.87. The maximum Gasteiger partial charge on any atom is 0.244 e. The fourth-order valence-electron chi connectivity index (χ4n) is 3.41. The summed E-state index contributed by atoms with van der Waals surface area (Å²) >= 11 is 0. The second kappa shape index (κ2) is 7.46. The van der Waals surface area contributed by atoms with Gasteiger partial charge in [0.15, 0.2) is 0 Å². The van der Waals surface area contributed by atoms with Crippen LogP contribution in [0.1, 0.15) is 23.9 Å². The molecular formula is C20H23N5O2. The molecular weight excluding hydrogens is 342 g/mol. The van der Waals surface area contributed by atoms with Crippen LogP contribution in [0.2, 0.25) is 0 Å². The zero-order valence-corrected chi connectivity index (χ0v) is 15.5. The first kappa shape index (κ1) is 17.6. The van der Waals surface area contributed by atoms with Crippen LogP contribution in [-0.2, 0) is 6.54 Å². The standard InChI is InChI=1S/C20H23N5O2/c1-24(2)15-8-6-14(7-9-15)12-25-13-16(26)11-18(25)20-22-19(23-27-20)17-5-3-4-10-21-17/h3-10,16,18,26H,11-13H2,1-2H3/t16-,18+/m1/s1. The third-order valence-corrected chi connectivity index (χ3v) is 4.84. The molecule has 2 aromatic heterocycles. The van der Waals surface area contributed by atoms with Crippen molar-refractivity contribution < 1.29 is 9.63 Å². The van der Waals surface area contributed by atoms with E-state index in [4.69, 9.17) is 4.52 Å². The zero-order chi connectivity index (χ0) is 18.8. The van der Waals surface area contributed by atoms with Gasteiger partial charge in [0, 0.05) is 39.1 Å². The van der Waals surface area contributed by atoms with Crippen molar-refractivity contribution >= 4 is 5.69 Å². The molecule has 4 rings (SSSR count). The summed E-state index contributed by atoms with van der Waals surface area (Å²) in [5.41, 5.74) is 3.02. The molecule has 27 heavy (non-hydrogen) atoms. The molecule has 1 saturated heterocycles. The number of rotatable bonds is 5. The number of likely N-dealkylation sites (tertiary alicyclic amines) is 1. The number of benzene rings is 1. The van der Waals surface area contributed by atoms with E-state index >= 15 is 0 Å². The summed E-state index contributed by atoms with van der Waals surface area (Å²) in [6.45, 7) is 1.30. The summed E-state index contributed by atoms with van der Waals surface area (Å²) in [6.07, 6.45) is 1.88. The predicted molar refractivity (Wildman–Crippen MR) is 102 cm³/mol. The van der Waals surface area contributed by atoms with Gasteiger partial charge < -0.3 is 14.5 Å². The fourth-order valence-corrected chi connectivity index (χ4v) is 3.41. The van der Waals surface area contributed by atoms with Crippen molar-refractivity contribution in [3.05, 3.63) is 60.1 Å². The van der Waals surface area contributed by atoms with E-state index in [1.54, 1.807) is 6.20 Å². The monoisotopic (exact) mass is 365 g/mol. The van der Waals surface area contributed by atoms with Crippen molar-refractivity contribution in [2.75, 3.05) is 25.5 Å². The SMILES string of the molecule is CN(C)c1ccc(CN2C[C@H](O)C[C@H]2c2nc(-c3ccccn3)no2)cc1. The van der Waals surface area contributed by atoms with Gasteiger partial charge in [-0.25, -0.2) is 0 Å². The molecule has 7 heteroatoms. The summed E-state index contributed by atoms with van der Waals surface area (Å²) < 4.78 is 5.51. The Morgan fingerprint density at radius 1 is 1.19 bits per heavy atom. The first-order chi connectivity index (χ1) is 13.1. The van der Waals surface area contributed by atoms with Gasteiger partial charge in [-0.3, -0.25) is 9.88 Å². The van der Waals surface area contributed by atoms with E-state index in [0.717, 1.165) is 12.2 Å². The largest absolute Gasteiger partial charge is 0.392 e. The van der Waals surface area contributed by atoms with Gasteiger partial charge in [0.05, 0.1) is 12.1 Å². The van der Waals surface area contributed by atoms with E-state index < -0.39 is 6.10 Å². The summed E-state index contributed by atoms with van der Waals surface area (Å²) in [5.74, 6) is 0.999. The van der Waals surface area contributed by atoms with Crippen LogP contribution in [0.3, 0.4) is 0 Å². The normalized spacial score (nSPS) is 20.1. The summed E-state index contributed by atoms with van der Waals surface area (Å²) in [6, 6.07) is 13.9. The van der Waals surface area contributed by atoms with Gasteiger partial charge in [-0.05, 0) is 36.2 Å². The Balaban J connectivity index is 1.52. The fraction of sp³-hybridized carbons (Fsp3) is 0.350. The molecule has 0 saturated carbocycles. The molecule has 0 unspecified atom stereocenters. The molecule has 1 N–H and O–H groups in total.